The Morgan fingerprint density at radius 1 is 1.38 bits per heavy atom. The van der Waals surface area contributed by atoms with Crippen LogP contribution in [-0.4, -0.2) is 40.5 Å². The average Bonchev–Trinajstić information content (AvgIpc) is 2.12. The van der Waals surface area contributed by atoms with E-state index in [4.69, 9.17) is 10.2 Å². The Hall–Kier alpha value is -1.63. The molecule has 0 aromatic rings. The number of esters is 2. The summed E-state index contributed by atoms with van der Waals surface area (Å²) in [5, 5.41) is 17.2. The number of carboxylic acids is 1. The molecular formula is C6H6O7. The Balaban J connectivity index is 2.76. The van der Waals surface area contributed by atoms with Crippen molar-refractivity contribution < 1.29 is 34.1 Å². The van der Waals surface area contributed by atoms with Crippen LogP contribution < -0.4 is 0 Å². The zero-order valence-corrected chi connectivity index (χ0v) is 6.30. The molecule has 72 valence electrons. The van der Waals surface area contributed by atoms with E-state index in [1.807, 2.05) is 0 Å². The van der Waals surface area contributed by atoms with E-state index in [0.717, 1.165) is 0 Å². The first-order valence-corrected chi connectivity index (χ1v) is 3.31. The van der Waals surface area contributed by atoms with Crippen LogP contribution in [0.25, 0.3) is 0 Å². The molecule has 1 aliphatic rings. The van der Waals surface area contributed by atoms with Gasteiger partial charge in [0.05, 0.1) is 6.42 Å². The quantitative estimate of drug-likeness (QED) is 0.471. The standard InChI is InChI=1S/C6H6O7/c7-2-1-3(8)12-6(4(9)10)13-5(2)11/h2,6-7H,1H2,(H,9,10). The molecule has 0 aromatic carbocycles. The van der Waals surface area contributed by atoms with Gasteiger partial charge >= 0.3 is 24.2 Å². The normalized spacial score (nSPS) is 28.7. The minimum Gasteiger partial charge on any atom is -0.476 e. The minimum absolute atomic E-state index is 0.595. The molecule has 2 N–H and O–H groups in total. The first-order chi connectivity index (χ1) is 6.00. The summed E-state index contributed by atoms with van der Waals surface area (Å²) in [4.78, 5) is 31.7. The molecule has 0 aliphatic carbocycles. The number of carboxylic acid groups (broad SMARTS) is 1. The van der Waals surface area contributed by atoms with Gasteiger partial charge in [-0.25, -0.2) is 9.59 Å². The molecule has 1 saturated heterocycles. The highest BCUT2D eigenvalue weighted by molar-refractivity contribution is 5.87. The maximum atomic E-state index is 10.7. The number of rotatable bonds is 1. The summed E-state index contributed by atoms with van der Waals surface area (Å²) in [7, 11) is 0. The number of aliphatic carboxylic acids is 1. The lowest BCUT2D eigenvalue weighted by Crippen LogP contribution is -2.30. The van der Waals surface area contributed by atoms with E-state index in [0.29, 0.717) is 0 Å². The first kappa shape index (κ1) is 9.46. The van der Waals surface area contributed by atoms with Crippen molar-refractivity contribution in [1.82, 2.24) is 0 Å². The number of carbonyl (C=O) groups excluding carboxylic acids is 2. The van der Waals surface area contributed by atoms with Crippen molar-refractivity contribution in [2.75, 3.05) is 0 Å². The van der Waals surface area contributed by atoms with Crippen molar-refractivity contribution >= 4 is 17.9 Å². The second-order valence-electron chi connectivity index (χ2n) is 2.32. The molecule has 2 unspecified atom stereocenters. The van der Waals surface area contributed by atoms with Crippen LogP contribution in [0.4, 0.5) is 0 Å². The maximum Gasteiger partial charge on any atom is 0.387 e. The van der Waals surface area contributed by atoms with Crippen molar-refractivity contribution in [1.29, 1.82) is 0 Å². The molecule has 1 fully saturated rings. The number of aliphatic hydroxyl groups is 1. The summed E-state index contributed by atoms with van der Waals surface area (Å²) < 4.78 is 8.30. The summed E-state index contributed by atoms with van der Waals surface area (Å²) in [5.74, 6) is -3.78. The van der Waals surface area contributed by atoms with Gasteiger partial charge in [0.25, 0.3) is 0 Å². The fourth-order valence-electron chi connectivity index (χ4n) is 0.718. The lowest BCUT2D eigenvalue weighted by atomic mass is 10.3. The molecule has 0 aromatic heterocycles. The lowest BCUT2D eigenvalue weighted by molar-refractivity contribution is -0.197. The fourth-order valence-corrected chi connectivity index (χ4v) is 0.718. The van der Waals surface area contributed by atoms with Gasteiger partial charge in [-0.15, -0.1) is 0 Å². The van der Waals surface area contributed by atoms with Gasteiger partial charge in [-0.1, -0.05) is 0 Å². The zero-order valence-electron chi connectivity index (χ0n) is 6.30. The van der Waals surface area contributed by atoms with E-state index in [1.54, 1.807) is 0 Å². The Labute approximate surface area is 71.9 Å². The van der Waals surface area contributed by atoms with Crippen LogP contribution in [0.5, 0.6) is 0 Å². The van der Waals surface area contributed by atoms with Crippen LogP contribution in [0.2, 0.25) is 0 Å². The Kier molecular flexibility index (Phi) is 2.47. The number of aliphatic hydroxyl groups excluding tert-OH is 1. The second-order valence-corrected chi connectivity index (χ2v) is 2.32. The molecule has 0 saturated carbocycles. The van der Waals surface area contributed by atoms with Crippen molar-refractivity contribution in [3.05, 3.63) is 0 Å². The monoisotopic (exact) mass is 190 g/mol. The smallest absolute Gasteiger partial charge is 0.387 e. The minimum atomic E-state index is -1.96. The predicted octanol–water partition coefficient (Wildman–Crippen LogP) is -1.75. The molecule has 7 heteroatoms. The van der Waals surface area contributed by atoms with Gasteiger partial charge in [-0.2, -0.15) is 0 Å². The van der Waals surface area contributed by atoms with Crippen molar-refractivity contribution in [3.63, 3.8) is 0 Å². The molecule has 13 heavy (non-hydrogen) atoms. The molecule has 2 atom stereocenters. The highest BCUT2D eigenvalue weighted by Gasteiger charge is 2.35. The summed E-state index contributed by atoms with van der Waals surface area (Å²) in [6.45, 7) is 0. The summed E-state index contributed by atoms with van der Waals surface area (Å²) >= 11 is 0. The zero-order chi connectivity index (χ0) is 10.0. The van der Waals surface area contributed by atoms with Gasteiger partial charge in [0.2, 0.25) is 0 Å². The Morgan fingerprint density at radius 2 is 2.00 bits per heavy atom. The van der Waals surface area contributed by atoms with Crippen molar-refractivity contribution in [2.45, 2.75) is 18.8 Å². The van der Waals surface area contributed by atoms with E-state index in [-0.39, 0.29) is 0 Å². The average molecular weight is 190 g/mol. The third-order valence-corrected chi connectivity index (χ3v) is 1.30. The number of hydrogen-bond donors (Lipinski definition) is 2. The fraction of sp³-hybridized carbons (Fsp3) is 0.500. The maximum absolute atomic E-state index is 10.7. The highest BCUT2D eigenvalue weighted by atomic mass is 16.7. The van der Waals surface area contributed by atoms with E-state index in [9.17, 15) is 14.4 Å². The molecular weight excluding hydrogens is 184 g/mol. The molecule has 1 heterocycles. The Bertz CT molecular complexity index is 258. The number of hydrogen-bond acceptors (Lipinski definition) is 6. The summed E-state index contributed by atoms with van der Waals surface area (Å²) in [6, 6.07) is 0. The van der Waals surface area contributed by atoms with E-state index >= 15 is 0 Å². The SMILES string of the molecule is O=C1CC(O)C(=O)OC(C(=O)O)O1. The van der Waals surface area contributed by atoms with Gasteiger partial charge in [-0.05, 0) is 0 Å². The third kappa shape index (κ3) is 2.15. The van der Waals surface area contributed by atoms with Crippen LogP contribution in [0.15, 0.2) is 0 Å². The molecule has 0 radical (unpaired) electrons. The van der Waals surface area contributed by atoms with E-state index in [2.05, 4.69) is 9.47 Å². The van der Waals surface area contributed by atoms with Crippen LogP contribution in [0, 0.1) is 0 Å². The van der Waals surface area contributed by atoms with Gasteiger partial charge in [0, 0.05) is 0 Å². The number of carbonyl (C=O) groups is 3. The lowest BCUT2D eigenvalue weighted by Gasteiger charge is -2.09. The molecule has 0 bridgehead atoms. The largest absolute Gasteiger partial charge is 0.476 e. The van der Waals surface area contributed by atoms with Gasteiger partial charge in [0.15, 0.2) is 6.10 Å². The van der Waals surface area contributed by atoms with Crippen LogP contribution in [0.3, 0.4) is 0 Å². The van der Waals surface area contributed by atoms with Crippen molar-refractivity contribution in [3.8, 4) is 0 Å². The summed E-state index contributed by atoms with van der Waals surface area (Å²) in [6.07, 6.45) is -4.21. The Morgan fingerprint density at radius 3 is 2.54 bits per heavy atom. The third-order valence-electron chi connectivity index (χ3n) is 1.30. The van der Waals surface area contributed by atoms with Crippen LogP contribution >= 0.6 is 0 Å². The topological polar surface area (TPSA) is 110 Å². The molecule has 1 rings (SSSR count). The molecule has 0 spiro atoms. The number of ether oxygens (including phenoxy) is 2. The van der Waals surface area contributed by atoms with Gasteiger partial charge in [0.1, 0.15) is 0 Å². The van der Waals surface area contributed by atoms with E-state index in [1.165, 1.54) is 0 Å². The van der Waals surface area contributed by atoms with Crippen molar-refractivity contribution in [2.24, 2.45) is 0 Å². The number of cyclic esters (lactones) is 2. The highest BCUT2D eigenvalue weighted by Crippen LogP contribution is 2.09. The van der Waals surface area contributed by atoms with E-state index < -0.39 is 36.7 Å². The van der Waals surface area contributed by atoms with Gasteiger partial charge in [-0.3, -0.25) is 4.79 Å². The second kappa shape index (κ2) is 3.40. The summed E-state index contributed by atoms with van der Waals surface area (Å²) in [5.41, 5.74) is 0. The van der Waals surface area contributed by atoms with Crippen LogP contribution in [0.1, 0.15) is 6.42 Å². The molecule has 0 amide bonds. The van der Waals surface area contributed by atoms with Crippen LogP contribution in [-0.2, 0) is 23.9 Å². The molecule has 7 nitrogen and oxygen atoms in total. The molecule has 1 aliphatic heterocycles. The predicted molar refractivity (Wildman–Crippen MR) is 34.2 cm³/mol. The van der Waals surface area contributed by atoms with Gasteiger partial charge < -0.3 is 19.7 Å². The first-order valence-electron chi connectivity index (χ1n) is 3.31.